The maximum absolute atomic E-state index is 12.6. The maximum atomic E-state index is 12.6. The van der Waals surface area contributed by atoms with E-state index in [9.17, 15) is 14.7 Å². The van der Waals surface area contributed by atoms with Crippen LogP contribution in [-0.4, -0.2) is 44.0 Å². The predicted molar refractivity (Wildman–Crippen MR) is 128 cm³/mol. The molecule has 1 atom stereocenters. The van der Waals surface area contributed by atoms with E-state index in [-0.39, 0.29) is 24.0 Å². The molecule has 0 saturated heterocycles. The van der Waals surface area contributed by atoms with Crippen LogP contribution in [0, 0.1) is 0 Å². The largest absolute Gasteiger partial charge is 0.493 e. The highest BCUT2D eigenvalue weighted by Crippen LogP contribution is 2.44. The number of rotatable bonds is 8. The van der Waals surface area contributed by atoms with E-state index in [1.807, 2.05) is 48.5 Å². The lowest BCUT2D eigenvalue weighted by molar-refractivity contribution is -0.139. The van der Waals surface area contributed by atoms with Crippen LogP contribution in [-0.2, 0) is 16.0 Å². The number of aliphatic carboxylic acids is 1. The highest BCUT2D eigenvalue weighted by atomic mass is 35.5. The first-order valence-electron chi connectivity index (χ1n) is 10.7. The zero-order valence-corrected chi connectivity index (χ0v) is 19.5. The zero-order valence-electron chi connectivity index (χ0n) is 18.7. The predicted octanol–water partition coefficient (Wildman–Crippen LogP) is 4.89. The van der Waals surface area contributed by atoms with Gasteiger partial charge in [-0.3, -0.25) is 0 Å². The number of halogens is 1. The molecule has 0 aliphatic heterocycles. The molecule has 1 aliphatic carbocycles. The smallest absolute Gasteiger partial charge is 0.407 e. The standard InChI is InChI=1S/C26H24ClNO6/c1-32-23-13-15(11-21(27)24(23)33-2)12-22(25(29)30)28-26(31)34-14-20-18-9-5-3-7-16(18)17-8-4-6-10-19(17)20/h3-11,13,20,22H,12,14H2,1-2H3,(H,28,31)(H,29,30). The van der Waals surface area contributed by atoms with E-state index in [1.165, 1.54) is 14.2 Å². The van der Waals surface area contributed by atoms with Gasteiger partial charge in [-0.25, -0.2) is 9.59 Å². The topological polar surface area (TPSA) is 94.1 Å². The molecule has 1 aliphatic rings. The number of benzene rings is 3. The lowest BCUT2D eigenvalue weighted by Crippen LogP contribution is -2.42. The number of amides is 1. The van der Waals surface area contributed by atoms with E-state index in [1.54, 1.807) is 12.1 Å². The van der Waals surface area contributed by atoms with Crippen molar-refractivity contribution < 1.29 is 28.9 Å². The van der Waals surface area contributed by atoms with Gasteiger partial charge in [0.25, 0.3) is 0 Å². The van der Waals surface area contributed by atoms with E-state index < -0.39 is 18.1 Å². The summed E-state index contributed by atoms with van der Waals surface area (Å²) in [4.78, 5) is 24.4. The second kappa shape index (κ2) is 10.1. The van der Waals surface area contributed by atoms with Crippen molar-refractivity contribution >= 4 is 23.7 Å². The van der Waals surface area contributed by atoms with Crippen LogP contribution < -0.4 is 14.8 Å². The second-order valence-corrected chi connectivity index (χ2v) is 8.29. The van der Waals surface area contributed by atoms with Crippen LogP contribution in [0.15, 0.2) is 60.7 Å². The van der Waals surface area contributed by atoms with E-state index in [0.29, 0.717) is 17.1 Å². The molecule has 1 amide bonds. The number of carboxylic acids is 1. The molecule has 0 aromatic heterocycles. The summed E-state index contributed by atoms with van der Waals surface area (Å²) in [6, 6.07) is 18.0. The van der Waals surface area contributed by atoms with Crippen molar-refractivity contribution in [3.63, 3.8) is 0 Å². The number of hydrogen-bond donors (Lipinski definition) is 2. The van der Waals surface area contributed by atoms with Gasteiger partial charge in [-0.2, -0.15) is 0 Å². The lowest BCUT2D eigenvalue weighted by atomic mass is 9.98. The van der Waals surface area contributed by atoms with E-state index in [0.717, 1.165) is 22.3 Å². The van der Waals surface area contributed by atoms with Gasteiger partial charge in [-0.15, -0.1) is 0 Å². The van der Waals surface area contributed by atoms with Crippen LogP contribution in [0.5, 0.6) is 11.5 Å². The first-order chi connectivity index (χ1) is 16.4. The summed E-state index contributed by atoms with van der Waals surface area (Å²) < 4.78 is 16.0. The Labute approximate surface area is 202 Å². The number of carbonyl (C=O) groups excluding carboxylic acids is 1. The Hall–Kier alpha value is -3.71. The van der Waals surface area contributed by atoms with Gasteiger partial charge in [0.1, 0.15) is 12.6 Å². The fraction of sp³-hybridized carbons (Fsp3) is 0.231. The molecule has 1 unspecified atom stereocenters. The summed E-state index contributed by atoms with van der Waals surface area (Å²) in [6.07, 6.45) is -0.819. The summed E-state index contributed by atoms with van der Waals surface area (Å²) >= 11 is 6.22. The van der Waals surface area contributed by atoms with Crippen molar-refractivity contribution in [3.05, 3.63) is 82.4 Å². The monoisotopic (exact) mass is 481 g/mol. The first-order valence-corrected chi connectivity index (χ1v) is 11.1. The summed E-state index contributed by atoms with van der Waals surface area (Å²) in [5.74, 6) is -0.593. The minimum atomic E-state index is -1.22. The Bertz CT molecular complexity index is 1180. The zero-order chi connectivity index (χ0) is 24.2. The van der Waals surface area contributed by atoms with Gasteiger partial charge in [0.2, 0.25) is 0 Å². The van der Waals surface area contributed by atoms with Crippen LogP contribution in [0.4, 0.5) is 4.79 Å². The number of carboxylic acid groups (broad SMARTS) is 1. The molecular weight excluding hydrogens is 458 g/mol. The van der Waals surface area contributed by atoms with Crippen molar-refractivity contribution in [2.24, 2.45) is 0 Å². The molecule has 0 spiro atoms. The molecule has 8 heteroatoms. The Morgan fingerprint density at radius 3 is 2.18 bits per heavy atom. The molecule has 0 saturated carbocycles. The summed E-state index contributed by atoms with van der Waals surface area (Å²) in [7, 11) is 2.92. The minimum absolute atomic E-state index is 0.0143. The third-order valence-electron chi connectivity index (χ3n) is 5.87. The normalized spacial score (nSPS) is 12.9. The first kappa shape index (κ1) is 23.4. The van der Waals surface area contributed by atoms with E-state index in [2.05, 4.69) is 5.32 Å². The number of carbonyl (C=O) groups is 2. The van der Waals surface area contributed by atoms with Crippen LogP contribution in [0.2, 0.25) is 5.02 Å². The summed E-state index contributed by atoms with van der Waals surface area (Å²) in [6.45, 7) is 0.0917. The Balaban J connectivity index is 1.45. The van der Waals surface area contributed by atoms with Gasteiger partial charge in [-0.05, 0) is 39.9 Å². The molecule has 0 fully saturated rings. The Kier molecular flexibility index (Phi) is 6.93. The van der Waals surface area contributed by atoms with Gasteiger partial charge in [-0.1, -0.05) is 60.1 Å². The van der Waals surface area contributed by atoms with Crippen LogP contribution in [0.25, 0.3) is 11.1 Å². The number of methoxy groups -OCH3 is 2. The molecule has 2 N–H and O–H groups in total. The van der Waals surface area contributed by atoms with Crippen molar-refractivity contribution in [2.45, 2.75) is 18.4 Å². The fourth-order valence-corrected chi connectivity index (χ4v) is 4.62. The Morgan fingerprint density at radius 2 is 1.62 bits per heavy atom. The maximum Gasteiger partial charge on any atom is 0.407 e. The van der Waals surface area contributed by atoms with Gasteiger partial charge < -0.3 is 24.6 Å². The average molecular weight is 482 g/mol. The molecule has 0 radical (unpaired) electrons. The van der Waals surface area contributed by atoms with Crippen LogP contribution in [0.1, 0.15) is 22.6 Å². The second-order valence-electron chi connectivity index (χ2n) is 7.88. The number of ether oxygens (including phenoxy) is 3. The lowest BCUT2D eigenvalue weighted by Gasteiger charge is -2.18. The van der Waals surface area contributed by atoms with Gasteiger partial charge in [0.15, 0.2) is 11.5 Å². The number of fused-ring (bicyclic) bond motifs is 3. The average Bonchev–Trinajstić information content (AvgIpc) is 3.15. The van der Waals surface area contributed by atoms with Crippen LogP contribution >= 0.6 is 11.6 Å². The third kappa shape index (κ3) is 4.65. The minimum Gasteiger partial charge on any atom is -0.493 e. The molecule has 0 bridgehead atoms. The SMILES string of the molecule is COc1cc(CC(NC(=O)OCC2c3ccccc3-c3ccccc32)C(=O)O)cc(Cl)c1OC. The molecule has 3 aromatic rings. The Morgan fingerprint density at radius 1 is 1.00 bits per heavy atom. The molecule has 0 heterocycles. The third-order valence-corrected chi connectivity index (χ3v) is 6.15. The summed E-state index contributed by atoms with van der Waals surface area (Å²) in [5, 5.41) is 12.4. The highest BCUT2D eigenvalue weighted by Gasteiger charge is 2.30. The van der Waals surface area contributed by atoms with Crippen molar-refractivity contribution in [1.29, 1.82) is 0 Å². The molecule has 3 aromatic carbocycles. The van der Waals surface area contributed by atoms with E-state index >= 15 is 0 Å². The molecule has 176 valence electrons. The number of nitrogens with one attached hydrogen (secondary N) is 1. The van der Waals surface area contributed by atoms with Crippen molar-refractivity contribution in [2.75, 3.05) is 20.8 Å². The molecule has 34 heavy (non-hydrogen) atoms. The number of alkyl carbamates (subject to hydrolysis) is 1. The van der Waals surface area contributed by atoms with Gasteiger partial charge in [0, 0.05) is 12.3 Å². The fourth-order valence-electron chi connectivity index (χ4n) is 4.31. The summed E-state index contributed by atoms with van der Waals surface area (Å²) in [5.41, 5.74) is 4.94. The van der Waals surface area contributed by atoms with Gasteiger partial charge >= 0.3 is 12.1 Å². The van der Waals surface area contributed by atoms with Crippen molar-refractivity contribution in [3.8, 4) is 22.6 Å². The van der Waals surface area contributed by atoms with Gasteiger partial charge in [0.05, 0.1) is 19.2 Å². The highest BCUT2D eigenvalue weighted by molar-refractivity contribution is 6.32. The van der Waals surface area contributed by atoms with E-state index in [4.69, 9.17) is 25.8 Å². The number of hydrogen-bond acceptors (Lipinski definition) is 5. The molecular formula is C26H24ClNO6. The molecule has 7 nitrogen and oxygen atoms in total. The van der Waals surface area contributed by atoms with Crippen molar-refractivity contribution in [1.82, 2.24) is 5.32 Å². The molecule has 4 rings (SSSR count). The van der Waals surface area contributed by atoms with Crippen LogP contribution in [0.3, 0.4) is 0 Å². The quantitative estimate of drug-likeness (QED) is 0.475.